The number of hydrogen-bond donors (Lipinski definition) is 1. The van der Waals surface area contributed by atoms with Crippen molar-refractivity contribution < 1.29 is 4.79 Å². The van der Waals surface area contributed by atoms with Gasteiger partial charge >= 0.3 is 0 Å². The normalized spacial score (nSPS) is 16.6. The van der Waals surface area contributed by atoms with Gasteiger partial charge in [-0.25, -0.2) is 0 Å². The van der Waals surface area contributed by atoms with Gasteiger partial charge < -0.3 is 9.88 Å². The van der Waals surface area contributed by atoms with Gasteiger partial charge in [-0.05, 0) is 12.0 Å². The van der Waals surface area contributed by atoms with E-state index in [1.165, 1.54) is 11.1 Å². The number of fused-ring (bicyclic) bond motifs is 3. The third kappa shape index (κ3) is 1.11. The molecule has 18 heavy (non-hydrogen) atoms. The predicted octanol–water partition coefficient (Wildman–Crippen LogP) is 2.47. The van der Waals surface area contributed by atoms with Crippen LogP contribution >= 0.6 is 0 Å². The molecule has 4 rings (SSSR count). The van der Waals surface area contributed by atoms with Gasteiger partial charge in [0.15, 0.2) is 0 Å². The fraction of sp³-hybridized carbons (Fsp3) is 0.133. The van der Waals surface area contributed by atoms with E-state index in [0.717, 1.165) is 29.5 Å². The molecule has 3 nitrogen and oxygen atoms in total. The molecule has 2 aliphatic heterocycles. The van der Waals surface area contributed by atoms with Crippen molar-refractivity contribution in [2.24, 2.45) is 0 Å². The van der Waals surface area contributed by atoms with E-state index in [-0.39, 0.29) is 5.91 Å². The Kier molecular flexibility index (Phi) is 1.81. The Morgan fingerprint density at radius 3 is 3.06 bits per heavy atom. The highest BCUT2D eigenvalue weighted by Crippen LogP contribution is 2.33. The van der Waals surface area contributed by atoms with Gasteiger partial charge in [-0.1, -0.05) is 30.4 Å². The number of amides is 1. The third-order valence-corrected chi connectivity index (χ3v) is 3.67. The molecule has 88 valence electrons. The summed E-state index contributed by atoms with van der Waals surface area (Å²) in [6.07, 6.45) is 9.69. The molecule has 0 bridgehead atoms. The molecule has 0 unspecified atom stereocenters. The number of aromatic nitrogens is 1. The van der Waals surface area contributed by atoms with Crippen molar-refractivity contribution in [1.82, 2.24) is 9.88 Å². The third-order valence-electron chi connectivity index (χ3n) is 3.67. The summed E-state index contributed by atoms with van der Waals surface area (Å²) in [5, 5.41) is 3.88. The molecule has 0 radical (unpaired) electrons. The van der Waals surface area contributed by atoms with Crippen molar-refractivity contribution in [3.8, 4) is 0 Å². The van der Waals surface area contributed by atoms with Gasteiger partial charge in [-0.15, -0.1) is 0 Å². The van der Waals surface area contributed by atoms with Crippen molar-refractivity contribution >= 4 is 23.0 Å². The zero-order chi connectivity index (χ0) is 12.1. The molecule has 2 aromatic rings. The average Bonchev–Trinajstić information content (AvgIpc) is 2.59. The van der Waals surface area contributed by atoms with Crippen LogP contribution in [-0.4, -0.2) is 10.5 Å². The van der Waals surface area contributed by atoms with E-state index in [1.807, 2.05) is 18.2 Å². The highest BCUT2D eigenvalue weighted by atomic mass is 16.1. The van der Waals surface area contributed by atoms with E-state index in [0.29, 0.717) is 0 Å². The van der Waals surface area contributed by atoms with Crippen molar-refractivity contribution in [2.45, 2.75) is 12.8 Å². The maximum Gasteiger partial charge on any atom is 0.257 e. The Labute approximate surface area is 104 Å². The summed E-state index contributed by atoms with van der Waals surface area (Å²) in [6.45, 7) is 0. The summed E-state index contributed by atoms with van der Waals surface area (Å²) in [6, 6.07) is 6.21. The molecule has 3 heterocycles. The fourth-order valence-corrected chi connectivity index (χ4v) is 2.93. The molecule has 1 amide bonds. The van der Waals surface area contributed by atoms with Crippen LogP contribution in [0, 0.1) is 0 Å². The van der Waals surface area contributed by atoms with E-state index in [4.69, 9.17) is 0 Å². The second kappa shape index (κ2) is 3.35. The van der Waals surface area contributed by atoms with E-state index in [1.54, 1.807) is 6.20 Å². The zero-order valence-corrected chi connectivity index (χ0v) is 9.81. The SMILES string of the molecule is O=C1NC=CCc2c1c1cccc3c1n2C=CC3. The Balaban J connectivity index is 2.20. The highest BCUT2D eigenvalue weighted by molar-refractivity contribution is 6.10. The molecule has 0 fully saturated rings. The number of allylic oxidation sites excluding steroid dienone is 2. The summed E-state index contributed by atoms with van der Waals surface area (Å²) < 4.78 is 2.17. The molecule has 0 atom stereocenters. The molecular formula is C15H12N2O. The van der Waals surface area contributed by atoms with Crippen LogP contribution in [0.5, 0.6) is 0 Å². The quantitative estimate of drug-likeness (QED) is 0.749. The number of rotatable bonds is 0. The molecule has 1 N–H and O–H groups in total. The van der Waals surface area contributed by atoms with Crippen molar-refractivity contribution in [1.29, 1.82) is 0 Å². The molecule has 0 saturated heterocycles. The number of benzene rings is 1. The van der Waals surface area contributed by atoms with Gasteiger partial charge in [0.1, 0.15) is 0 Å². The Hall–Kier alpha value is -2.29. The lowest BCUT2D eigenvalue weighted by Gasteiger charge is -2.11. The fourth-order valence-electron chi connectivity index (χ4n) is 2.93. The first-order chi connectivity index (χ1) is 8.86. The Morgan fingerprint density at radius 2 is 2.11 bits per heavy atom. The zero-order valence-electron chi connectivity index (χ0n) is 9.81. The Bertz CT molecular complexity index is 735. The maximum atomic E-state index is 12.2. The molecule has 1 aromatic heterocycles. The molecule has 1 aromatic carbocycles. The second-order valence-electron chi connectivity index (χ2n) is 4.67. The summed E-state index contributed by atoms with van der Waals surface area (Å²) in [5.41, 5.74) is 4.39. The number of nitrogens with zero attached hydrogens (tertiary/aromatic N) is 1. The summed E-state index contributed by atoms with van der Waals surface area (Å²) in [7, 11) is 0. The topological polar surface area (TPSA) is 34.0 Å². The Morgan fingerprint density at radius 1 is 1.17 bits per heavy atom. The van der Waals surface area contributed by atoms with E-state index >= 15 is 0 Å². The van der Waals surface area contributed by atoms with Gasteiger partial charge in [0, 0.05) is 29.9 Å². The molecule has 2 aliphatic rings. The number of carbonyl (C=O) groups excluding carboxylic acids is 1. The molecule has 0 saturated carbocycles. The molecule has 0 aliphatic carbocycles. The molecule has 0 spiro atoms. The van der Waals surface area contributed by atoms with Crippen LogP contribution in [0.15, 0.2) is 36.6 Å². The van der Waals surface area contributed by atoms with Crippen LogP contribution in [0.2, 0.25) is 0 Å². The van der Waals surface area contributed by atoms with Crippen molar-refractivity contribution in [3.05, 3.63) is 53.4 Å². The van der Waals surface area contributed by atoms with Gasteiger partial charge in [0.2, 0.25) is 0 Å². The second-order valence-corrected chi connectivity index (χ2v) is 4.67. The first-order valence-electron chi connectivity index (χ1n) is 6.13. The highest BCUT2D eigenvalue weighted by Gasteiger charge is 2.24. The van der Waals surface area contributed by atoms with Crippen LogP contribution < -0.4 is 5.32 Å². The number of carbonyl (C=O) groups is 1. The predicted molar refractivity (Wildman–Crippen MR) is 71.3 cm³/mol. The van der Waals surface area contributed by atoms with Crippen molar-refractivity contribution in [2.75, 3.05) is 0 Å². The average molecular weight is 236 g/mol. The van der Waals surface area contributed by atoms with Crippen molar-refractivity contribution in [3.63, 3.8) is 0 Å². The first kappa shape index (κ1) is 9.71. The smallest absolute Gasteiger partial charge is 0.257 e. The molecule has 3 heteroatoms. The lowest BCUT2D eigenvalue weighted by atomic mass is 10.0. The van der Waals surface area contributed by atoms with Gasteiger partial charge in [-0.2, -0.15) is 0 Å². The number of hydrogen-bond acceptors (Lipinski definition) is 1. The van der Waals surface area contributed by atoms with Crippen LogP contribution in [0.25, 0.3) is 17.1 Å². The maximum absolute atomic E-state index is 12.2. The monoisotopic (exact) mass is 236 g/mol. The largest absolute Gasteiger partial charge is 0.329 e. The van der Waals surface area contributed by atoms with E-state index < -0.39 is 0 Å². The standard InChI is InChI=1S/C15H12N2O/c18-15-13-11-6-1-4-10-5-3-9-17(14(10)11)12(13)7-2-8-16-15/h1-4,6,8-9H,5,7H2,(H,16,18). The van der Waals surface area contributed by atoms with E-state index in [9.17, 15) is 4.79 Å². The van der Waals surface area contributed by atoms with Crippen LogP contribution in [-0.2, 0) is 12.8 Å². The molecular weight excluding hydrogens is 224 g/mol. The summed E-state index contributed by atoms with van der Waals surface area (Å²) in [4.78, 5) is 12.2. The minimum atomic E-state index is -0.00468. The van der Waals surface area contributed by atoms with Crippen LogP contribution in [0.1, 0.15) is 21.6 Å². The van der Waals surface area contributed by atoms with Gasteiger partial charge in [-0.3, -0.25) is 4.79 Å². The van der Waals surface area contributed by atoms with Gasteiger partial charge in [0.25, 0.3) is 5.91 Å². The summed E-state index contributed by atoms with van der Waals surface area (Å²) in [5.74, 6) is -0.00468. The van der Waals surface area contributed by atoms with E-state index in [2.05, 4.69) is 28.2 Å². The summed E-state index contributed by atoms with van der Waals surface area (Å²) >= 11 is 0. The van der Waals surface area contributed by atoms with Gasteiger partial charge in [0.05, 0.1) is 11.1 Å². The minimum absolute atomic E-state index is 0.00468. The minimum Gasteiger partial charge on any atom is -0.329 e. The number of para-hydroxylation sites is 1. The first-order valence-corrected chi connectivity index (χ1v) is 6.13. The number of nitrogens with one attached hydrogen (secondary N) is 1. The lowest BCUT2D eigenvalue weighted by molar-refractivity contribution is 0.0972. The van der Waals surface area contributed by atoms with Crippen LogP contribution in [0.4, 0.5) is 0 Å². The van der Waals surface area contributed by atoms with Crippen LogP contribution in [0.3, 0.4) is 0 Å². The lowest BCUT2D eigenvalue weighted by Crippen LogP contribution is -2.16.